The third kappa shape index (κ3) is 2.40. The quantitative estimate of drug-likeness (QED) is 0.815. The zero-order valence-electron chi connectivity index (χ0n) is 10.6. The van der Waals surface area contributed by atoms with E-state index in [9.17, 15) is 4.79 Å². The SMILES string of the molecule is CC(C)Cc1ncc(C2OOC2(C)C)[nH]c1=O. The summed E-state index contributed by atoms with van der Waals surface area (Å²) in [7, 11) is 0. The molecule has 1 saturated heterocycles. The van der Waals surface area contributed by atoms with Crippen LogP contribution in [-0.4, -0.2) is 15.6 Å². The zero-order chi connectivity index (χ0) is 12.6. The number of hydrogen-bond donors (Lipinski definition) is 1. The van der Waals surface area contributed by atoms with Gasteiger partial charge in [-0.25, -0.2) is 9.78 Å². The van der Waals surface area contributed by atoms with Crippen LogP contribution in [0.5, 0.6) is 0 Å². The van der Waals surface area contributed by atoms with Gasteiger partial charge in [-0.15, -0.1) is 0 Å². The van der Waals surface area contributed by atoms with Crippen LogP contribution in [0.4, 0.5) is 0 Å². The lowest BCUT2D eigenvalue weighted by Gasteiger charge is -2.41. The van der Waals surface area contributed by atoms with Gasteiger partial charge in [-0.1, -0.05) is 13.8 Å². The van der Waals surface area contributed by atoms with Gasteiger partial charge in [-0.3, -0.25) is 9.78 Å². The minimum atomic E-state index is -0.413. The topological polar surface area (TPSA) is 64.2 Å². The number of rotatable bonds is 3. The molecule has 1 atom stereocenters. The van der Waals surface area contributed by atoms with Crippen molar-refractivity contribution in [1.29, 1.82) is 0 Å². The highest BCUT2D eigenvalue weighted by atomic mass is 17.3. The summed E-state index contributed by atoms with van der Waals surface area (Å²) >= 11 is 0. The fraction of sp³-hybridized carbons (Fsp3) is 0.667. The summed E-state index contributed by atoms with van der Waals surface area (Å²) in [5.41, 5.74) is 0.688. The van der Waals surface area contributed by atoms with Crippen LogP contribution in [0.1, 0.15) is 45.2 Å². The Hall–Kier alpha value is -1.20. The monoisotopic (exact) mass is 238 g/mol. The van der Waals surface area contributed by atoms with E-state index < -0.39 is 5.60 Å². The molecule has 1 aromatic rings. The Bertz CT molecular complexity index is 465. The van der Waals surface area contributed by atoms with Crippen molar-refractivity contribution in [2.75, 3.05) is 0 Å². The summed E-state index contributed by atoms with van der Waals surface area (Å²) in [6, 6.07) is 0. The van der Waals surface area contributed by atoms with E-state index in [2.05, 4.69) is 23.8 Å². The minimum Gasteiger partial charge on any atom is -0.321 e. The second-order valence-electron chi connectivity index (χ2n) is 5.38. The summed E-state index contributed by atoms with van der Waals surface area (Å²) in [5.74, 6) is 0.411. The van der Waals surface area contributed by atoms with Crippen molar-refractivity contribution in [3.05, 3.63) is 27.9 Å². The number of nitrogens with zero attached hydrogens (tertiary/aromatic N) is 1. The van der Waals surface area contributed by atoms with Crippen molar-refractivity contribution in [3.63, 3.8) is 0 Å². The maximum atomic E-state index is 11.8. The molecule has 0 aromatic carbocycles. The van der Waals surface area contributed by atoms with Crippen LogP contribution in [0.2, 0.25) is 0 Å². The largest absolute Gasteiger partial charge is 0.321 e. The van der Waals surface area contributed by atoms with E-state index >= 15 is 0 Å². The molecule has 1 fully saturated rings. The van der Waals surface area contributed by atoms with Gasteiger partial charge in [-0.2, -0.15) is 0 Å². The van der Waals surface area contributed by atoms with Crippen molar-refractivity contribution in [1.82, 2.24) is 9.97 Å². The van der Waals surface area contributed by atoms with Crippen molar-refractivity contribution in [2.24, 2.45) is 5.92 Å². The number of nitrogens with one attached hydrogen (secondary N) is 1. The first-order chi connectivity index (χ1) is 7.90. The molecule has 5 nitrogen and oxygen atoms in total. The molecule has 0 aliphatic carbocycles. The van der Waals surface area contributed by atoms with E-state index in [4.69, 9.17) is 9.78 Å². The second kappa shape index (κ2) is 4.23. The molecule has 0 saturated carbocycles. The van der Waals surface area contributed by atoms with Gasteiger partial charge in [0.2, 0.25) is 0 Å². The molecule has 0 amide bonds. The van der Waals surface area contributed by atoms with E-state index in [-0.39, 0.29) is 11.7 Å². The number of aromatic amines is 1. The average Bonchev–Trinajstić information content (AvgIpc) is 2.20. The summed E-state index contributed by atoms with van der Waals surface area (Å²) in [6.07, 6.45) is 2.09. The predicted molar refractivity (Wildman–Crippen MR) is 62.4 cm³/mol. The van der Waals surface area contributed by atoms with E-state index in [1.807, 2.05) is 13.8 Å². The van der Waals surface area contributed by atoms with Crippen LogP contribution in [0.15, 0.2) is 11.0 Å². The highest BCUT2D eigenvalue weighted by Gasteiger charge is 2.45. The van der Waals surface area contributed by atoms with Crippen LogP contribution in [0.25, 0.3) is 0 Å². The summed E-state index contributed by atoms with van der Waals surface area (Å²) in [4.78, 5) is 28.8. The first kappa shape index (κ1) is 12.3. The van der Waals surface area contributed by atoms with Gasteiger partial charge in [0.25, 0.3) is 5.56 Å². The van der Waals surface area contributed by atoms with Crippen molar-refractivity contribution in [3.8, 4) is 0 Å². The average molecular weight is 238 g/mol. The molecular weight excluding hydrogens is 220 g/mol. The zero-order valence-corrected chi connectivity index (χ0v) is 10.6. The molecule has 5 heteroatoms. The van der Waals surface area contributed by atoms with E-state index in [0.29, 0.717) is 23.7 Å². The van der Waals surface area contributed by atoms with Crippen molar-refractivity contribution < 1.29 is 9.78 Å². The standard InChI is InChI=1S/C12H18N2O3/c1-7(2)5-8-11(15)14-9(6-13-8)10-12(3,4)17-16-10/h6-7,10H,5H2,1-4H3,(H,14,15). The van der Waals surface area contributed by atoms with Gasteiger partial charge >= 0.3 is 0 Å². The van der Waals surface area contributed by atoms with E-state index in [0.717, 1.165) is 0 Å². The fourth-order valence-electron chi connectivity index (χ4n) is 1.82. The van der Waals surface area contributed by atoms with Gasteiger partial charge in [0, 0.05) is 6.20 Å². The summed E-state index contributed by atoms with van der Waals surface area (Å²) < 4.78 is 0. The first-order valence-corrected chi connectivity index (χ1v) is 5.82. The van der Waals surface area contributed by atoms with Gasteiger partial charge < -0.3 is 4.98 Å². The number of H-pyrrole nitrogens is 1. The Morgan fingerprint density at radius 1 is 1.53 bits per heavy atom. The molecule has 1 N–H and O–H groups in total. The maximum absolute atomic E-state index is 11.8. The van der Waals surface area contributed by atoms with Gasteiger partial charge in [0.15, 0.2) is 6.10 Å². The fourth-order valence-corrected chi connectivity index (χ4v) is 1.82. The highest BCUT2D eigenvalue weighted by molar-refractivity contribution is 5.10. The maximum Gasteiger partial charge on any atom is 0.269 e. The van der Waals surface area contributed by atoms with E-state index in [1.54, 1.807) is 6.20 Å². The lowest BCUT2D eigenvalue weighted by Crippen LogP contribution is -2.45. The lowest BCUT2D eigenvalue weighted by atomic mass is 9.97. The molecule has 0 spiro atoms. The third-order valence-electron chi connectivity index (χ3n) is 2.75. The van der Waals surface area contributed by atoms with Crippen molar-refractivity contribution >= 4 is 0 Å². The van der Waals surface area contributed by atoms with Crippen LogP contribution >= 0.6 is 0 Å². The molecule has 0 bridgehead atoms. The Labute approximate surface area is 100 Å². The molecule has 17 heavy (non-hydrogen) atoms. The molecule has 2 rings (SSSR count). The van der Waals surface area contributed by atoms with Gasteiger partial charge in [0.1, 0.15) is 11.3 Å². The lowest BCUT2D eigenvalue weighted by molar-refractivity contribution is -0.507. The molecule has 1 aromatic heterocycles. The second-order valence-corrected chi connectivity index (χ2v) is 5.38. The Kier molecular flexibility index (Phi) is 3.05. The smallest absolute Gasteiger partial charge is 0.269 e. The molecule has 1 unspecified atom stereocenters. The highest BCUT2D eigenvalue weighted by Crippen LogP contribution is 2.40. The third-order valence-corrected chi connectivity index (χ3v) is 2.75. The molecule has 1 aliphatic rings. The van der Waals surface area contributed by atoms with Crippen LogP contribution in [0.3, 0.4) is 0 Å². The minimum absolute atomic E-state index is 0.137. The Morgan fingerprint density at radius 2 is 2.24 bits per heavy atom. The molecule has 0 radical (unpaired) electrons. The Balaban J connectivity index is 2.23. The summed E-state index contributed by atoms with van der Waals surface area (Å²) in [5, 5.41) is 0. The molecule has 2 heterocycles. The van der Waals surface area contributed by atoms with Gasteiger partial charge in [-0.05, 0) is 26.2 Å². The Morgan fingerprint density at radius 3 is 2.65 bits per heavy atom. The number of aromatic nitrogens is 2. The predicted octanol–water partition coefficient (Wildman–Crippen LogP) is 1.75. The summed E-state index contributed by atoms with van der Waals surface area (Å²) in [6.45, 7) is 7.92. The van der Waals surface area contributed by atoms with Crippen LogP contribution in [0, 0.1) is 5.92 Å². The van der Waals surface area contributed by atoms with Crippen LogP contribution < -0.4 is 5.56 Å². The van der Waals surface area contributed by atoms with E-state index in [1.165, 1.54) is 0 Å². The van der Waals surface area contributed by atoms with Gasteiger partial charge in [0.05, 0.1) is 5.69 Å². The first-order valence-electron chi connectivity index (χ1n) is 5.82. The van der Waals surface area contributed by atoms with Crippen molar-refractivity contribution in [2.45, 2.75) is 45.8 Å². The molecule has 1 aliphatic heterocycles. The number of hydrogen-bond acceptors (Lipinski definition) is 4. The van der Waals surface area contributed by atoms with Crippen LogP contribution in [-0.2, 0) is 16.2 Å². The normalized spacial score (nSPS) is 22.5. The molecular formula is C12H18N2O3. The molecule has 94 valence electrons.